The van der Waals surface area contributed by atoms with Crippen LogP contribution in [0, 0.1) is 17.3 Å². The molecule has 0 radical (unpaired) electrons. The van der Waals surface area contributed by atoms with Crippen LogP contribution in [0.25, 0.3) is 0 Å². The summed E-state index contributed by atoms with van der Waals surface area (Å²) < 4.78 is 29.2. The first-order valence-electron chi connectivity index (χ1n) is 10.1. The van der Waals surface area contributed by atoms with Gasteiger partial charge in [0.15, 0.2) is 15.8 Å². The van der Waals surface area contributed by atoms with Gasteiger partial charge in [0, 0.05) is 32.8 Å². The standard InChI is InChI=1S/C19H35N3O3S/c1-15-9-19(2,3)14-22(12-15)18(21-11-17-5-4-7-25-17)20-10-16-6-8-26(23,24)13-16/h15-17H,4-14H2,1-3H3,(H,20,21). The van der Waals surface area contributed by atoms with Crippen LogP contribution in [0.2, 0.25) is 0 Å². The maximum Gasteiger partial charge on any atom is 0.194 e. The summed E-state index contributed by atoms with van der Waals surface area (Å²) in [6, 6.07) is 0. The predicted octanol–water partition coefficient (Wildman–Crippen LogP) is 1.91. The van der Waals surface area contributed by atoms with Crippen LogP contribution in [0.3, 0.4) is 0 Å². The van der Waals surface area contributed by atoms with Gasteiger partial charge in [-0.3, -0.25) is 4.99 Å². The molecule has 3 rings (SSSR count). The van der Waals surface area contributed by atoms with Crippen LogP contribution in [0.4, 0.5) is 0 Å². The first-order chi connectivity index (χ1) is 12.2. The lowest BCUT2D eigenvalue weighted by molar-refractivity contribution is 0.108. The van der Waals surface area contributed by atoms with Gasteiger partial charge in [-0.2, -0.15) is 0 Å². The lowest BCUT2D eigenvalue weighted by Crippen LogP contribution is -2.52. The topological polar surface area (TPSA) is 71.0 Å². The van der Waals surface area contributed by atoms with Crippen LogP contribution >= 0.6 is 0 Å². The minimum Gasteiger partial charge on any atom is -0.376 e. The fourth-order valence-electron chi connectivity index (χ4n) is 4.70. The normalized spacial score (nSPS) is 34.2. The molecule has 150 valence electrons. The Morgan fingerprint density at radius 1 is 1.35 bits per heavy atom. The average Bonchev–Trinajstić information content (AvgIpc) is 3.14. The highest BCUT2D eigenvalue weighted by molar-refractivity contribution is 7.91. The molecule has 0 saturated carbocycles. The zero-order valence-electron chi connectivity index (χ0n) is 16.5. The third-order valence-corrected chi connectivity index (χ3v) is 7.53. The minimum atomic E-state index is -2.84. The van der Waals surface area contributed by atoms with Crippen molar-refractivity contribution in [2.24, 2.45) is 22.2 Å². The van der Waals surface area contributed by atoms with E-state index in [1.54, 1.807) is 0 Å². The molecule has 0 spiro atoms. The molecule has 0 aromatic rings. The second-order valence-electron chi connectivity index (χ2n) is 9.30. The van der Waals surface area contributed by atoms with Crippen molar-refractivity contribution in [2.45, 2.75) is 52.6 Å². The highest BCUT2D eigenvalue weighted by atomic mass is 32.2. The van der Waals surface area contributed by atoms with E-state index in [2.05, 4.69) is 31.0 Å². The third-order valence-electron chi connectivity index (χ3n) is 5.69. The molecule has 0 amide bonds. The molecule has 0 bridgehead atoms. The van der Waals surface area contributed by atoms with Crippen LogP contribution in [0.5, 0.6) is 0 Å². The zero-order valence-corrected chi connectivity index (χ0v) is 17.4. The van der Waals surface area contributed by atoms with Crippen molar-refractivity contribution in [3.63, 3.8) is 0 Å². The molecule has 0 aromatic carbocycles. The van der Waals surface area contributed by atoms with Gasteiger partial charge in [0.25, 0.3) is 0 Å². The van der Waals surface area contributed by atoms with E-state index in [1.807, 2.05) is 0 Å². The molecule has 7 heteroatoms. The summed E-state index contributed by atoms with van der Waals surface area (Å²) in [6.45, 7) is 11.2. The fourth-order valence-corrected chi connectivity index (χ4v) is 6.55. The number of nitrogens with zero attached hydrogens (tertiary/aromatic N) is 2. The molecule has 3 aliphatic heterocycles. The summed E-state index contributed by atoms with van der Waals surface area (Å²) in [5, 5.41) is 3.54. The molecule has 3 unspecified atom stereocenters. The lowest BCUT2D eigenvalue weighted by atomic mass is 9.79. The number of likely N-dealkylation sites (tertiary alicyclic amines) is 1. The predicted molar refractivity (Wildman–Crippen MR) is 105 cm³/mol. The van der Waals surface area contributed by atoms with Crippen molar-refractivity contribution in [1.82, 2.24) is 10.2 Å². The first-order valence-corrected chi connectivity index (χ1v) is 11.9. The van der Waals surface area contributed by atoms with Crippen LogP contribution in [-0.2, 0) is 14.6 Å². The maximum absolute atomic E-state index is 11.7. The number of ether oxygens (including phenoxy) is 1. The van der Waals surface area contributed by atoms with Crippen molar-refractivity contribution < 1.29 is 13.2 Å². The van der Waals surface area contributed by atoms with Gasteiger partial charge in [-0.25, -0.2) is 8.42 Å². The number of piperidine rings is 1. The Morgan fingerprint density at radius 3 is 2.77 bits per heavy atom. The minimum absolute atomic E-state index is 0.162. The van der Waals surface area contributed by atoms with E-state index in [1.165, 1.54) is 6.42 Å². The van der Waals surface area contributed by atoms with Crippen molar-refractivity contribution in [3.05, 3.63) is 0 Å². The number of sulfone groups is 1. The molecule has 3 atom stereocenters. The van der Waals surface area contributed by atoms with Gasteiger partial charge in [0.05, 0.1) is 17.6 Å². The Labute approximate surface area is 158 Å². The maximum atomic E-state index is 11.7. The second-order valence-corrected chi connectivity index (χ2v) is 11.5. The van der Waals surface area contributed by atoms with Gasteiger partial charge in [-0.1, -0.05) is 20.8 Å². The van der Waals surface area contributed by atoms with Crippen LogP contribution in [0.1, 0.15) is 46.5 Å². The van der Waals surface area contributed by atoms with E-state index in [0.717, 1.165) is 51.5 Å². The van der Waals surface area contributed by atoms with Gasteiger partial charge < -0.3 is 15.0 Å². The highest BCUT2D eigenvalue weighted by Gasteiger charge is 2.33. The van der Waals surface area contributed by atoms with Crippen LogP contribution in [0.15, 0.2) is 4.99 Å². The number of hydrogen-bond donors (Lipinski definition) is 1. The Bertz CT molecular complexity index is 612. The summed E-state index contributed by atoms with van der Waals surface area (Å²) in [7, 11) is -2.84. The van der Waals surface area contributed by atoms with E-state index >= 15 is 0 Å². The molecule has 6 nitrogen and oxygen atoms in total. The van der Waals surface area contributed by atoms with E-state index in [4.69, 9.17) is 9.73 Å². The molecule has 0 aromatic heterocycles. The quantitative estimate of drug-likeness (QED) is 0.591. The molecule has 0 aliphatic carbocycles. The first kappa shape index (κ1) is 19.9. The van der Waals surface area contributed by atoms with Crippen molar-refractivity contribution in [2.75, 3.05) is 44.3 Å². The Balaban J connectivity index is 1.67. The number of nitrogens with one attached hydrogen (secondary N) is 1. The van der Waals surface area contributed by atoms with Gasteiger partial charge >= 0.3 is 0 Å². The zero-order chi connectivity index (χ0) is 18.8. The second kappa shape index (κ2) is 8.05. The SMILES string of the molecule is CC1CN(C(=NCC2CCS(=O)(=O)C2)NCC2CCCO2)CC(C)(C)C1. The van der Waals surface area contributed by atoms with E-state index < -0.39 is 9.84 Å². The van der Waals surface area contributed by atoms with E-state index in [9.17, 15) is 8.42 Å². The van der Waals surface area contributed by atoms with Gasteiger partial charge in [-0.15, -0.1) is 0 Å². The molecule has 3 fully saturated rings. The monoisotopic (exact) mass is 385 g/mol. The van der Waals surface area contributed by atoms with E-state index in [-0.39, 0.29) is 23.2 Å². The van der Waals surface area contributed by atoms with E-state index in [0.29, 0.717) is 18.2 Å². The number of hydrogen-bond acceptors (Lipinski definition) is 4. The highest BCUT2D eigenvalue weighted by Crippen LogP contribution is 2.32. The van der Waals surface area contributed by atoms with Crippen LogP contribution < -0.4 is 5.32 Å². The fraction of sp³-hybridized carbons (Fsp3) is 0.947. The molecular weight excluding hydrogens is 350 g/mol. The smallest absolute Gasteiger partial charge is 0.194 e. The number of rotatable bonds is 4. The Kier molecular flexibility index (Phi) is 6.17. The van der Waals surface area contributed by atoms with Crippen molar-refractivity contribution in [3.8, 4) is 0 Å². The average molecular weight is 386 g/mol. The van der Waals surface area contributed by atoms with Gasteiger partial charge in [0.1, 0.15) is 0 Å². The summed E-state index contributed by atoms with van der Waals surface area (Å²) >= 11 is 0. The summed E-state index contributed by atoms with van der Waals surface area (Å²) in [5.74, 6) is 2.33. The number of aliphatic imine (C=N–C) groups is 1. The van der Waals surface area contributed by atoms with Gasteiger partial charge in [0.2, 0.25) is 0 Å². The Hall–Kier alpha value is -0.820. The van der Waals surface area contributed by atoms with Crippen LogP contribution in [-0.4, -0.2) is 69.7 Å². The molecular formula is C19H35N3O3S. The molecule has 1 N–H and O–H groups in total. The lowest BCUT2D eigenvalue weighted by Gasteiger charge is -2.43. The van der Waals surface area contributed by atoms with Crippen molar-refractivity contribution in [1.29, 1.82) is 0 Å². The molecule has 3 saturated heterocycles. The largest absolute Gasteiger partial charge is 0.376 e. The summed E-state index contributed by atoms with van der Waals surface area (Å²) in [5.41, 5.74) is 0.265. The Morgan fingerprint density at radius 2 is 2.15 bits per heavy atom. The number of guanidine groups is 1. The summed E-state index contributed by atoms with van der Waals surface area (Å²) in [6.07, 6.45) is 4.47. The molecule has 3 aliphatic rings. The molecule has 3 heterocycles. The summed E-state index contributed by atoms with van der Waals surface area (Å²) in [4.78, 5) is 7.24. The molecule has 26 heavy (non-hydrogen) atoms. The van der Waals surface area contributed by atoms with Crippen molar-refractivity contribution >= 4 is 15.8 Å². The van der Waals surface area contributed by atoms with Gasteiger partial charge in [-0.05, 0) is 42.9 Å². The third kappa shape index (κ3) is 5.59.